The lowest BCUT2D eigenvalue weighted by Crippen LogP contribution is -2.45. The number of aryl methyl sites for hydroxylation is 1. The number of hydrogen-bond donors (Lipinski definition) is 1. The van der Waals surface area contributed by atoms with E-state index >= 15 is 0 Å². The van der Waals surface area contributed by atoms with E-state index in [0.29, 0.717) is 0 Å². The highest BCUT2D eigenvalue weighted by Gasteiger charge is 2.23. The number of hydrogen-bond acceptors (Lipinski definition) is 3. The van der Waals surface area contributed by atoms with Crippen molar-refractivity contribution in [1.82, 2.24) is 5.32 Å². The van der Waals surface area contributed by atoms with Gasteiger partial charge in [0.2, 0.25) is 0 Å². The largest absolute Gasteiger partial charge is 0.465 e. The van der Waals surface area contributed by atoms with Crippen LogP contribution in [0.25, 0.3) is 0 Å². The van der Waals surface area contributed by atoms with E-state index in [2.05, 4.69) is 68.6 Å². The van der Waals surface area contributed by atoms with Crippen LogP contribution in [0.15, 0.2) is 54.6 Å². The molecule has 0 aliphatic rings. The fourth-order valence-electron chi connectivity index (χ4n) is 3.90. The average molecular weight is 448 g/mol. The molecule has 2 aromatic rings. The summed E-state index contributed by atoms with van der Waals surface area (Å²) in [6, 6.07) is 18.8. The third kappa shape index (κ3) is 10.1. The molecule has 1 N–H and O–H groups in total. The van der Waals surface area contributed by atoms with Gasteiger partial charge in [-0.1, -0.05) is 87.6 Å². The van der Waals surface area contributed by atoms with Crippen LogP contribution < -0.4 is 10.1 Å². The lowest BCUT2D eigenvalue weighted by molar-refractivity contribution is -0.119. The van der Waals surface area contributed by atoms with Crippen molar-refractivity contribution in [3.8, 4) is 5.75 Å². The Morgan fingerprint density at radius 3 is 2.16 bits per heavy atom. The summed E-state index contributed by atoms with van der Waals surface area (Å²) in [4.78, 5) is 0. The number of rotatable bonds is 14. The molecule has 2 rings (SSSR count). The Balaban J connectivity index is 0.00000480. The first-order valence-corrected chi connectivity index (χ1v) is 11.7. The standard InChI is InChI=1S/C27H41NO2.ClH/c1-6-7-8-9-10-12-17-24-18-15-16-21-26(24)30-23(3)29-22(2)28-27(4,5)25-19-13-11-14-20-25;/h11,13-16,18-23,28H,6-10,12,17H2,1-5H3;1H. The van der Waals surface area contributed by atoms with Crippen LogP contribution in [0.2, 0.25) is 0 Å². The Bertz CT molecular complexity index is 720. The SMILES string of the molecule is CCCCCCCCc1ccccc1OC(C)OC(C)NC(C)(C)c1ccccc1.Cl. The van der Waals surface area contributed by atoms with Crippen LogP contribution in [0, 0.1) is 0 Å². The highest BCUT2D eigenvalue weighted by atomic mass is 35.5. The van der Waals surface area contributed by atoms with Gasteiger partial charge in [0.25, 0.3) is 0 Å². The fourth-order valence-corrected chi connectivity index (χ4v) is 3.90. The molecule has 0 radical (unpaired) electrons. The number of unbranched alkanes of at least 4 members (excludes halogenated alkanes) is 5. The summed E-state index contributed by atoms with van der Waals surface area (Å²) in [5.74, 6) is 0.938. The lowest BCUT2D eigenvalue weighted by Gasteiger charge is -2.32. The molecule has 3 nitrogen and oxygen atoms in total. The molecule has 2 unspecified atom stereocenters. The van der Waals surface area contributed by atoms with Crippen LogP contribution in [0.3, 0.4) is 0 Å². The third-order valence-electron chi connectivity index (χ3n) is 5.52. The molecule has 0 aromatic heterocycles. The topological polar surface area (TPSA) is 30.5 Å². The zero-order chi connectivity index (χ0) is 21.8. The van der Waals surface area contributed by atoms with Gasteiger partial charge in [-0.15, -0.1) is 12.4 Å². The van der Waals surface area contributed by atoms with Crippen molar-refractivity contribution in [3.63, 3.8) is 0 Å². The second kappa shape index (κ2) is 14.5. The summed E-state index contributed by atoms with van der Waals surface area (Å²) in [6.07, 6.45) is 8.42. The molecule has 0 saturated heterocycles. The zero-order valence-electron chi connectivity index (χ0n) is 20.0. The van der Waals surface area contributed by atoms with E-state index in [1.54, 1.807) is 0 Å². The van der Waals surface area contributed by atoms with Gasteiger partial charge in [0.05, 0.1) is 0 Å². The normalized spacial score (nSPS) is 13.3. The van der Waals surface area contributed by atoms with Crippen molar-refractivity contribution in [2.24, 2.45) is 0 Å². The molecule has 0 spiro atoms. The van der Waals surface area contributed by atoms with Gasteiger partial charge in [-0.2, -0.15) is 0 Å². The number of benzene rings is 2. The van der Waals surface area contributed by atoms with Crippen molar-refractivity contribution in [2.45, 2.75) is 97.6 Å². The zero-order valence-corrected chi connectivity index (χ0v) is 20.8. The van der Waals surface area contributed by atoms with Crippen LogP contribution in [0.1, 0.15) is 84.3 Å². The van der Waals surface area contributed by atoms with Gasteiger partial charge in [-0.25, -0.2) is 0 Å². The van der Waals surface area contributed by atoms with Gasteiger partial charge >= 0.3 is 0 Å². The fraction of sp³-hybridized carbons (Fsp3) is 0.556. The second-order valence-corrected chi connectivity index (χ2v) is 8.72. The molecular formula is C27H42ClNO2. The first kappa shape index (κ1) is 27.5. The van der Waals surface area contributed by atoms with Crippen molar-refractivity contribution < 1.29 is 9.47 Å². The van der Waals surface area contributed by atoms with Gasteiger partial charge in [-0.05, 0) is 57.7 Å². The second-order valence-electron chi connectivity index (χ2n) is 8.72. The average Bonchev–Trinajstić information content (AvgIpc) is 2.72. The summed E-state index contributed by atoms with van der Waals surface area (Å²) < 4.78 is 12.3. The van der Waals surface area contributed by atoms with Crippen LogP contribution >= 0.6 is 12.4 Å². The molecule has 0 aliphatic heterocycles. The lowest BCUT2D eigenvalue weighted by atomic mass is 9.94. The molecule has 0 saturated carbocycles. The van der Waals surface area contributed by atoms with Gasteiger partial charge in [0, 0.05) is 5.54 Å². The highest BCUT2D eigenvalue weighted by Crippen LogP contribution is 2.24. The van der Waals surface area contributed by atoms with Crippen LogP contribution in [-0.4, -0.2) is 12.5 Å². The number of ether oxygens (including phenoxy) is 2. The molecule has 0 fully saturated rings. The maximum Gasteiger partial charge on any atom is 0.198 e. The molecule has 0 aliphatic carbocycles. The number of nitrogens with one attached hydrogen (secondary N) is 1. The van der Waals surface area contributed by atoms with E-state index in [4.69, 9.17) is 9.47 Å². The summed E-state index contributed by atoms with van der Waals surface area (Å²) in [7, 11) is 0. The molecule has 31 heavy (non-hydrogen) atoms. The molecule has 174 valence electrons. The van der Waals surface area contributed by atoms with Crippen molar-refractivity contribution in [3.05, 3.63) is 65.7 Å². The van der Waals surface area contributed by atoms with E-state index < -0.39 is 0 Å². The van der Waals surface area contributed by atoms with Crippen molar-refractivity contribution in [1.29, 1.82) is 0 Å². The maximum absolute atomic E-state index is 6.17. The van der Waals surface area contributed by atoms with Crippen LogP contribution in [0.4, 0.5) is 0 Å². The Labute approximate surface area is 196 Å². The van der Waals surface area contributed by atoms with E-state index in [-0.39, 0.29) is 30.5 Å². The summed E-state index contributed by atoms with van der Waals surface area (Å²) in [5.41, 5.74) is 2.32. The predicted octanol–water partition coefficient (Wildman–Crippen LogP) is 7.62. The summed E-state index contributed by atoms with van der Waals surface area (Å²) in [6.45, 7) is 10.6. The van der Waals surface area contributed by atoms with E-state index in [0.717, 1.165) is 12.2 Å². The predicted molar refractivity (Wildman–Crippen MR) is 134 cm³/mol. The summed E-state index contributed by atoms with van der Waals surface area (Å²) in [5, 5.41) is 3.56. The number of halogens is 1. The number of para-hydroxylation sites is 1. The molecule has 0 amide bonds. The van der Waals surface area contributed by atoms with Crippen LogP contribution in [-0.2, 0) is 16.7 Å². The smallest absolute Gasteiger partial charge is 0.198 e. The highest BCUT2D eigenvalue weighted by molar-refractivity contribution is 5.85. The minimum atomic E-state index is -0.329. The Kier molecular flexibility index (Phi) is 12.9. The third-order valence-corrected chi connectivity index (χ3v) is 5.52. The van der Waals surface area contributed by atoms with Gasteiger partial charge in [-0.3, -0.25) is 5.32 Å². The first-order valence-electron chi connectivity index (χ1n) is 11.7. The van der Waals surface area contributed by atoms with Gasteiger partial charge < -0.3 is 9.47 Å². The minimum Gasteiger partial charge on any atom is -0.465 e. The quantitative estimate of drug-likeness (QED) is 0.238. The Morgan fingerprint density at radius 1 is 0.839 bits per heavy atom. The van der Waals surface area contributed by atoms with E-state index in [9.17, 15) is 0 Å². The molecule has 0 heterocycles. The molecule has 2 atom stereocenters. The Morgan fingerprint density at radius 2 is 1.45 bits per heavy atom. The molecule has 0 bridgehead atoms. The van der Waals surface area contributed by atoms with Gasteiger partial charge in [0.1, 0.15) is 12.0 Å². The van der Waals surface area contributed by atoms with E-state index in [1.807, 2.05) is 26.0 Å². The Hall–Kier alpha value is -1.55. The van der Waals surface area contributed by atoms with Crippen LogP contribution in [0.5, 0.6) is 5.75 Å². The van der Waals surface area contributed by atoms with E-state index in [1.165, 1.54) is 49.7 Å². The molecule has 2 aromatic carbocycles. The summed E-state index contributed by atoms with van der Waals surface area (Å²) >= 11 is 0. The first-order chi connectivity index (χ1) is 14.4. The monoisotopic (exact) mass is 447 g/mol. The van der Waals surface area contributed by atoms with Gasteiger partial charge in [0.15, 0.2) is 6.29 Å². The maximum atomic E-state index is 6.17. The minimum absolute atomic E-state index is 0. The molecule has 4 heteroatoms. The van der Waals surface area contributed by atoms with Crippen molar-refractivity contribution >= 4 is 12.4 Å². The van der Waals surface area contributed by atoms with Crippen molar-refractivity contribution in [2.75, 3.05) is 0 Å². The molecular weight excluding hydrogens is 406 g/mol.